The summed E-state index contributed by atoms with van der Waals surface area (Å²) in [6.45, 7) is 5.53. The van der Waals surface area contributed by atoms with Crippen LogP contribution in [-0.4, -0.2) is 28.4 Å². The molecule has 0 amide bonds. The fourth-order valence-corrected chi connectivity index (χ4v) is 3.11. The van der Waals surface area contributed by atoms with Gasteiger partial charge in [-0.15, -0.1) is 11.3 Å². The number of aromatic nitrogens is 1. The summed E-state index contributed by atoms with van der Waals surface area (Å²) in [7, 11) is 2.03. The van der Waals surface area contributed by atoms with E-state index in [9.17, 15) is 10.1 Å². The van der Waals surface area contributed by atoms with Crippen molar-refractivity contribution in [1.29, 1.82) is 0 Å². The fourth-order valence-electron chi connectivity index (χ4n) is 2.42. The van der Waals surface area contributed by atoms with Crippen molar-refractivity contribution in [2.75, 3.05) is 13.6 Å². The summed E-state index contributed by atoms with van der Waals surface area (Å²) >= 11 is 1.66. The second-order valence-electron chi connectivity index (χ2n) is 5.29. The van der Waals surface area contributed by atoms with Gasteiger partial charge in [-0.3, -0.25) is 10.1 Å². The number of likely N-dealkylation sites (N-methyl/N-ethyl adjacent to an activating group) is 1. The molecule has 2 rings (SSSR count). The molecule has 0 aliphatic carbocycles. The highest BCUT2D eigenvalue weighted by molar-refractivity contribution is 7.09. The van der Waals surface area contributed by atoms with E-state index in [0.29, 0.717) is 12.5 Å². The first-order chi connectivity index (χ1) is 9.99. The third kappa shape index (κ3) is 3.86. The highest BCUT2D eigenvalue weighted by Gasteiger charge is 2.16. The summed E-state index contributed by atoms with van der Waals surface area (Å²) in [6, 6.07) is 5.25. The Morgan fingerprint density at radius 3 is 2.86 bits per heavy atom. The smallest absolute Gasteiger partial charge is 0.272 e. The van der Waals surface area contributed by atoms with Gasteiger partial charge in [0, 0.05) is 42.2 Å². The quantitative estimate of drug-likeness (QED) is 0.604. The van der Waals surface area contributed by atoms with Crippen molar-refractivity contribution in [1.82, 2.24) is 9.88 Å². The maximum absolute atomic E-state index is 11.0. The number of hydrogen-bond acceptors (Lipinski definition) is 5. The number of nitro groups is 1. The van der Waals surface area contributed by atoms with Crippen molar-refractivity contribution < 1.29 is 4.92 Å². The highest BCUT2D eigenvalue weighted by Crippen LogP contribution is 2.23. The Morgan fingerprint density at radius 1 is 1.48 bits per heavy atom. The number of nitrogens with zero attached hydrogens (tertiary/aromatic N) is 3. The largest absolute Gasteiger partial charge is 0.301 e. The van der Waals surface area contributed by atoms with Crippen LogP contribution in [-0.2, 0) is 6.54 Å². The molecule has 2 aromatic rings. The van der Waals surface area contributed by atoms with Crippen LogP contribution >= 0.6 is 11.3 Å². The van der Waals surface area contributed by atoms with Gasteiger partial charge >= 0.3 is 0 Å². The summed E-state index contributed by atoms with van der Waals surface area (Å²) in [5, 5.41) is 14.1. The van der Waals surface area contributed by atoms with Crippen molar-refractivity contribution in [2.24, 2.45) is 0 Å². The summed E-state index contributed by atoms with van der Waals surface area (Å²) in [4.78, 5) is 17.2. The van der Waals surface area contributed by atoms with Crippen LogP contribution in [0.5, 0.6) is 0 Å². The maximum atomic E-state index is 11.0. The van der Waals surface area contributed by atoms with Gasteiger partial charge in [0.05, 0.1) is 9.93 Å². The second-order valence-corrected chi connectivity index (χ2v) is 6.21. The van der Waals surface area contributed by atoms with Gasteiger partial charge in [0.15, 0.2) is 0 Å². The minimum Gasteiger partial charge on any atom is -0.301 e. The average Bonchev–Trinajstić information content (AvgIpc) is 2.94. The molecule has 0 bridgehead atoms. The van der Waals surface area contributed by atoms with Gasteiger partial charge in [-0.05, 0) is 19.5 Å². The van der Waals surface area contributed by atoms with Gasteiger partial charge in [-0.1, -0.05) is 19.1 Å². The van der Waals surface area contributed by atoms with E-state index < -0.39 is 0 Å². The molecule has 0 aliphatic heterocycles. The first-order valence-electron chi connectivity index (χ1n) is 6.80. The molecule has 0 N–H and O–H groups in total. The van der Waals surface area contributed by atoms with Crippen LogP contribution < -0.4 is 0 Å². The number of hydrogen-bond donors (Lipinski definition) is 0. The Bertz CT molecular complexity index is 613. The molecule has 112 valence electrons. The highest BCUT2D eigenvalue weighted by atomic mass is 32.1. The Hall–Kier alpha value is -1.79. The molecule has 0 saturated carbocycles. The van der Waals surface area contributed by atoms with Crippen molar-refractivity contribution in [2.45, 2.75) is 26.3 Å². The topological polar surface area (TPSA) is 59.3 Å². The average molecular weight is 305 g/mol. The van der Waals surface area contributed by atoms with Gasteiger partial charge in [-0.2, -0.15) is 0 Å². The number of nitro benzene ring substituents is 1. The lowest BCUT2D eigenvalue weighted by molar-refractivity contribution is -0.385. The summed E-state index contributed by atoms with van der Waals surface area (Å²) in [5.74, 6) is 0.356. The van der Waals surface area contributed by atoms with Crippen LogP contribution in [0.25, 0.3) is 0 Å². The molecular weight excluding hydrogens is 286 g/mol. The lowest BCUT2D eigenvalue weighted by Gasteiger charge is -2.21. The van der Waals surface area contributed by atoms with Crippen LogP contribution in [0, 0.1) is 17.0 Å². The van der Waals surface area contributed by atoms with E-state index in [1.807, 2.05) is 31.6 Å². The first kappa shape index (κ1) is 15.6. The molecule has 0 radical (unpaired) electrons. The van der Waals surface area contributed by atoms with Gasteiger partial charge in [0.25, 0.3) is 5.69 Å². The first-order valence-corrected chi connectivity index (χ1v) is 7.67. The molecule has 0 saturated heterocycles. The predicted molar refractivity (Wildman–Crippen MR) is 84.7 cm³/mol. The molecule has 21 heavy (non-hydrogen) atoms. The zero-order valence-corrected chi connectivity index (χ0v) is 13.3. The fraction of sp³-hybridized carbons (Fsp3) is 0.400. The molecule has 0 spiro atoms. The maximum Gasteiger partial charge on any atom is 0.272 e. The van der Waals surface area contributed by atoms with E-state index in [4.69, 9.17) is 0 Å². The molecular formula is C15H19N3O2S. The van der Waals surface area contributed by atoms with Crippen molar-refractivity contribution in [3.63, 3.8) is 0 Å². The van der Waals surface area contributed by atoms with Gasteiger partial charge in [0.1, 0.15) is 0 Å². The molecule has 5 nitrogen and oxygen atoms in total. The summed E-state index contributed by atoms with van der Waals surface area (Å²) < 4.78 is 0. The Kier molecular flexibility index (Phi) is 5.03. The van der Waals surface area contributed by atoms with E-state index in [-0.39, 0.29) is 10.6 Å². The van der Waals surface area contributed by atoms with Crippen molar-refractivity contribution in [3.05, 3.63) is 56.0 Å². The van der Waals surface area contributed by atoms with E-state index in [1.165, 1.54) is 0 Å². The monoisotopic (exact) mass is 305 g/mol. The van der Waals surface area contributed by atoms with Gasteiger partial charge in [0.2, 0.25) is 0 Å². The molecule has 1 aromatic heterocycles. The van der Waals surface area contributed by atoms with Crippen LogP contribution in [0.3, 0.4) is 0 Å². The van der Waals surface area contributed by atoms with Crippen LogP contribution in [0.15, 0.2) is 29.8 Å². The van der Waals surface area contributed by atoms with Crippen LogP contribution in [0.1, 0.15) is 29.0 Å². The minimum absolute atomic E-state index is 0.189. The van der Waals surface area contributed by atoms with E-state index >= 15 is 0 Å². The zero-order valence-electron chi connectivity index (χ0n) is 12.4. The predicted octanol–water partition coefficient (Wildman–Crippen LogP) is 3.60. The minimum atomic E-state index is -0.322. The normalized spacial score (nSPS) is 12.6. The molecule has 0 fully saturated rings. The lowest BCUT2D eigenvalue weighted by Crippen LogP contribution is -2.23. The van der Waals surface area contributed by atoms with Crippen molar-refractivity contribution in [3.8, 4) is 0 Å². The molecule has 1 heterocycles. The van der Waals surface area contributed by atoms with Crippen LogP contribution in [0.2, 0.25) is 0 Å². The number of thiazole rings is 1. The Balaban J connectivity index is 2.04. The third-order valence-corrected chi connectivity index (χ3v) is 4.52. The second kappa shape index (κ2) is 6.78. The Labute approximate surface area is 128 Å². The number of rotatable bonds is 6. The molecule has 1 unspecified atom stereocenters. The Morgan fingerprint density at radius 2 is 2.24 bits per heavy atom. The molecule has 6 heteroatoms. The summed E-state index contributed by atoms with van der Waals surface area (Å²) in [5.41, 5.74) is 1.93. The van der Waals surface area contributed by atoms with Gasteiger partial charge in [-0.25, -0.2) is 4.98 Å². The molecule has 1 atom stereocenters. The molecule has 0 aliphatic rings. The molecule has 1 aromatic carbocycles. The summed E-state index contributed by atoms with van der Waals surface area (Å²) in [6.07, 6.45) is 1.82. The third-order valence-electron chi connectivity index (χ3n) is 3.51. The lowest BCUT2D eigenvalue weighted by atomic mass is 10.1. The van der Waals surface area contributed by atoms with E-state index in [2.05, 4.69) is 16.8 Å². The standard InChI is InChI=1S/C15H19N3O2S/c1-11(15-16-7-8-21-15)9-17(3)10-13-5-4-6-14(12(13)2)18(19)20/h4-8,11H,9-10H2,1-3H3. The van der Waals surface area contributed by atoms with Gasteiger partial charge < -0.3 is 4.90 Å². The van der Waals surface area contributed by atoms with E-state index in [1.54, 1.807) is 23.5 Å². The van der Waals surface area contributed by atoms with Crippen molar-refractivity contribution >= 4 is 17.0 Å². The zero-order chi connectivity index (χ0) is 15.4. The van der Waals surface area contributed by atoms with E-state index in [0.717, 1.165) is 22.7 Å². The SMILES string of the molecule is Cc1c(CN(C)CC(C)c2nccs2)cccc1[N+](=O)[O-]. The number of benzene rings is 1. The van der Waals surface area contributed by atoms with Crippen LogP contribution in [0.4, 0.5) is 5.69 Å².